The van der Waals surface area contributed by atoms with Crippen molar-refractivity contribution in [1.82, 2.24) is 5.32 Å². The lowest BCUT2D eigenvalue weighted by molar-refractivity contribution is -0.158. The summed E-state index contributed by atoms with van der Waals surface area (Å²) in [7, 11) is 0. The first kappa shape index (κ1) is 21.0. The van der Waals surface area contributed by atoms with Gasteiger partial charge in [-0.15, -0.1) is 0 Å². The monoisotopic (exact) mass is 424 g/mol. The van der Waals surface area contributed by atoms with E-state index in [0.717, 1.165) is 30.4 Å². The number of para-hydroxylation sites is 1. The van der Waals surface area contributed by atoms with E-state index in [-0.39, 0.29) is 29.9 Å². The maximum absolute atomic E-state index is 12.8. The van der Waals surface area contributed by atoms with Gasteiger partial charge in [0.25, 0.3) is 0 Å². The average Bonchev–Trinajstić information content (AvgIpc) is 3.15. The summed E-state index contributed by atoms with van der Waals surface area (Å²) in [6, 6.07) is 9.60. The molecule has 3 aliphatic carbocycles. The molecule has 5 rings (SSSR count). The Morgan fingerprint density at radius 3 is 2.71 bits per heavy atom. The molecule has 7 atom stereocenters. The van der Waals surface area contributed by atoms with Crippen molar-refractivity contribution in [2.45, 2.75) is 77.4 Å². The van der Waals surface area contributed by atoms with Crippen LogP contribution in [0.2, 0.25) is 0 Å². The first-order chi connectivity index (χ1) is 14.9. The molecular weight excluding hydrogens is 388 g/mol. The van der Waals surface area contributed by atoms with Gasteiger partial charge < -0.3 is 15.4 Å². The Morgan fingerprint density at radius 1 is 1.10 bits per heavy atom. The minimum Gasteiger partial charge on any atom is -0.359 e. The van der Waals surface area contributed by atoms with E-state index in [1.165, 1.54) is 38.5 Å². The van der Waals surface area contributed by atoms with Crippen molar-refractivity contribution in [3.8, 4) is 0 Å². The van der Waals surface area contributed by atoms with Crippen LogP contribution in [0.5, 0.6) is 0 Å². The van der Waals surface area contributed by atoms with E-state index < -0.39 is 6.10 Å². The molecule has 0 aromatic heterocycles. The lowest BCUT2D eigenvalue weighted by Gasteiger charge is -2.60. The van der Waals surface area contributed by atoms with Gasteiger partial charge in [0.05, 0.1) is 0 Å². The zero-order valence-corrected chi connectivity index (χ0v) is 18.9. The fourth-order valence-corrected chi connectivity index (χ4v) is 7.77. The van der Waals surface area contributed by atoms with Gasteiger partial charge in [0, 0.05) is 11.7 Å². The number of anilines is 1. The first-order valence-electron chi connectivity index (χ1n) is 12.2. The van der Waals surface area contributed by atoms with Crippen molar-refractivity contribution in [1.29, 1.82) is 0 Å². The van der Waals surface area contributed by atoms with Crippen LogP contribution in [0, 0.1) is 28.6 Å². The Balaban J connectivity index is 1.26. The van der Waals surface area contributed by atoms with Crippen LogP contribution in [0.4, 0.5) is 5.69 Å². The summed E-state index contributed by atoms with van der Waals surface area (Å²) in [6.45, 7) is 4.81. The molecule has 1 saturated heterocycles. The molecule has 4 fully saturated rings. The van der Waals surface area contributed by atoms with Crippen LogP contribution in [0.3, 0.4) is 0 Å². The van der Waals surface area contributed by atoms with E-state index in [9.17, 15) is 9.59 Å². The number of rotatable bonds is 4. The summed E-state index contributed by atoms with van der Waals surface area (Å²) in [5, 5.41) is 6.13. The summed E-state index contributed by atoms with van der Waals surface area (Å²) < 4.78 is 5.91. The summed E-state index contributed by atoms with van der Waals surface area (Å²) in [5.74, 6) is 2.01. The predicted molar refractivity (Wildman–Crippen MR) is 120 cm³/mol. The first-order valence-corrected chi connectivity index (χ1v) is 12.2. The number of benzene rings is 1. The van der Waals surface area contributed by atoms with Gasteiger partial charge in [-0.1, -0.05) is 38.5 Å². The van der Waals surface area contributed by atoms with Gasteiger partial charge in [-0.3, -0.25) is 9.59 Å². The second-order valence-corrected chi connectivity index (χ2v) is 11.0. The Labute approximate surface area is 185 Å². The van der Waals surface area contributed by atoms with E-state index in [4.69, 9.17) is 4.74 Å². The summed E-state index contributed by atoms with van der Waals surface area (Å²) in [6.07, 6.45) is 9.24. The molecule has 2 N–H and O–H groups in total. The minimum atomic E-state index is -0.543. The zero-order chi connectivity index (χ0) is 21.6. The maximum atomic E-state index is 12.8. The lowest BCUT2D eigenvalue weighted by Crippen LogP contribution is -2.64. The van der Waals surface area contributed by atoms with Crippen molar-refractivity contribution in [3.63, 3.8) is 0 Å². The second-order valence-electron chi connectivity index (χ2n) is 11.0. The summed E-state index contributed by atoms with van der Waals surface area (Å²) in [4.78, 5) is 25.1. The number of hydrogen-bond donors (Lipinski definition) is 2. The van der Waals surface area contributed by atoms with Gasteiger partial charge >= 0.3 is 0 Å². The molecule has 3 saturated carbocycles. The van der Waals surface area contributed by atoms with Crippen LogP contribution in [0.1, 0.15) is 65.2 Å². The quantitative estimate of drug-likeness (QED) is 0.746. The topological polar surface area (TPSA) is 67.4 Å². The molecule has 31 heavy (non-hydrogen) atoms. The van der Waals surface area contributed by atoms with Crippen molar-refractivity contribution in [3.05, 3.63) is 30.3 Å². The molecular formula is C26H36N2O3. The van der Waals surface area contributed by atoms with Crippen LogP contribution in [0.25, 0.3) is 0 Å². The zero-order valence-electron chi connectivity index (χ0n) is 18.9. The Bertz CT molecular complexity index is 842. The van der Waals surface area contributed by atoms with E-state index in [1.54, 1.807) is 0 Å². The molecule has 1 aliphatic heterocycles. The molecule has 2 unspecified atom stereocenters. The largest absolute Gasteiger partial charge is 0.359 e. The molecule has 1 aromatic rings. The minimum absolute atomic E-state index is 0.0463. The Kier molecular flexibility index (Phi) is 5.36. The van der Waals surface area contributed by atoms with Crippen LogP contribution >= 0.6 is 0 Å². The van der Waals surface area contributed by atoms with Crippen molar-refractivity contribution in [2.75, 3.05) is 11.9 Å². The maximum Gasteiger partial charge on any atom is 0.250 e. The SMILES string of the molecule is C[C@@]12CCC[C@H]1[C@@H]1CCC3NC(=O)C(OCC(=O)Nc4ccccc4)C[C@]3(C)[C@@H]1CC2. The molecule has 1 heterocycles. The Hall–Kier alpha value is -1.88. The van der Waals surface area contributed by atoms with Gasteiger partial charge in [-0.25, -0.2) is 0 Å². The van der Waals surface area contributed by atoms with Crippen molar-refractivity contribution < 1.29 is 14.3 Å². The molecule has 2 amide bonds. The molecule has 0 radical (unpaired) electrons. The van der Waals surface area contributed by atoms with E-state index in [2.05, 4.69) is 24.5 Å². The number of fused-ring (bicyclic) bond motifs is 5. The lowest BCUT2D eigenvalue weighted by atomic mass is 9.47. The standard InChI is InChI=1S/C26H36N2O3/c1-25-13-6-9-19(25)18-10-11-22-26(2,20(18)12-14-25)15-21(24(30)28-22)31-16-23(29)27-17-7-4-3-5-8-17/h3-5,7-8,18-22H,6,9-16H2,1-2H3,(H,27,29)(H,28,30)/t18-,19-,20+,21?,22?,25-,26+/m0/s1. The Morgan fingerprint density at radius 2 is 1.90 bits per heavy atom. The van der Waals surface area contributed by atoms with E-state index in [0.29, 0.717) is 11.3 Å². The molecule has 0 bridgehead atoms. The molecule has 1 aromatic carbocycles. The summed E-state index contributed by atoms with van der Waals surface area (Å²) in [5.41, 5.74) is 1.34. The van der Waals surface area contributed by atoms with Crippen LogP contribution in [0.15, 0.2) is 30.3 Å². The van der Waals surface area contributed by atoms with Gasteiger partial charge in [0.15, 0.2) is 0 Å². The highest BCUT2D eigenvalue weighted by Crippen LogP contribution is 2.64. The highest BCUT2D eigenvalue weighted by molar-refractivity contribution is 5.92. The van der Waals surface area contributed by atoms with Gasteiger partial charge in [0.2, 0.25) is 11.8 Å². The third-order valence-corrected chi connectivity index (χ3v) is 9.36. The fraction of sp³-hybridized carbons (Fsp3) is 0.692. The molecule has 168 valence electrons. The predicted octanol–water partition coefficient (Wildman–Crippen LogP) is 4.53. The van der Waals surface area contributed by atoms with Crippen LogP contribution < -0.4 is 10.6 Å². The molecule has 5 nitrogen and oxygen atoms in total. The summed E-state index contributed by atoms with van der Waals surface area (Å²) >= 11 is 0. The molecule has 4 aliphatic rings. The van der Waals surface area contributed by atoms with Gasteiger partial charge in [0.1, 0.15) is 12.7 Å². The normalized spacial score (nSPS) is 41.5. The highest BCUT2D eigenvalue weighted by Gasteiger charge is 2.59. The highest BCUT2D eigenvalue weighted by atomic mass is 16.5. The number of ether oxygens (including phenoxy) is 1. The smallest absolute Gasteiger partial charge is 0.250 e. The number of nitrogens with one attached hydrogen (secondary N) is 2. The fourth-order valence-electron chi connectivity index (χ4n) is 7.77. The number of carbonyl (C=O) groups is 2. The van der Waals surface area contributed by atoms with Crippen molar-refractivity contribution in [2.24, 2.45) is 28.6 Å². The number of amides is 2. The third kappa shape index (κ3) is 3.69. The number of carbonyl (C=O) groups excluding carboxylic acids is 2. The van der Waals surface area contributed by atoms with Crippen LogP contribution in [-0.2, 0) is 14.3 Å². The van der Waals surface area contributed by atoms with E-state index >= 15 is 0 Å². The van der Waals surface area contributed by atoms with Gasteiger partial charge in [-0.05, 0) is 85.7 Å². The van der Waals surface area contributed by atoms with Gasteiger partial charge in [-0.2, -0.15) is 0 Å². The number of piperidine rings is 1. The van der Waals surface area contributed by atoms with Crippen molar-refractivity contribution >= 4 is 17.5 Å². The number of hydrogen-bond acceptors (Lipinski definition) is 3. The average molecular weight is 425 g/mol. The van der Waals surface area contributed by atoms with Crippen LogP contribution in [-0.4, -0.2) is 30.6 Å². The second kappa shape index (κ2) is 7.91. The molecule has 0 spiro atoms. The third-order valence-electron chi connectivity index (χ3n) is 9.36. The van der Waals surface area contributed by atoms with E-state index in [1.807, 2.05) is 30.3 Å². The molecule has 5 heteroatoms.